The molecule has 1 fully saturated rings. The van der Waals surface area contributed by atoms with E-state index in [1.165, 1.54) is 12.1 Å². The molecule has 1 aliphatic rings. The maximum atomic E-state index is 13.9. The van der Waals surface area contributed by atoms with Gasteiger partial charge in [-0.3, -0.25) is 10.6 Å². The van der Waals surface area contributed by atoms with Crippen LogP contribution in [0.1, 0.15) is 91.5 Å². The maximum absolute atomic E-state index is 13.9. The molecule has 3 rings (SSSR count). The van der Waals surface area contributed by atoms with Crippen LogP contribution in [0.25, 0.3) is 11.4 Å². The van der Waals surface area contributed by atoms with Crippen molar-refractivity contribution in [3.05, 3.63) is 29.7 Å². The highest BCUT2D eigenvalue weighted by molar-refractivity contribution is 5.70. The number of halogens is 3. The summed E-state index contributed by atoms with van der Waals surface area (Å²) < 4.78 is 63.8. The normalized spacial score (nSPS) is 19.4. The van der Waals surface area contributed by atoms with Gasteiger partial charge in [0.05, 0.1) is 18.8 Å². The van der Waals surface area contributed by atoms with Gasteiger partial charge in [0.15, 0.2) is 0 Å². The fraction of sp³-hybridized carbons (Fsp3) is 0.667. The second-order valence-corrected chi connectivity index (χ2v) is 11.2. The minimum Gasteiger partial charge on any atom is -0.493 e. The molecule has 0 radical (unpaired) electrons. The minimum atomic E-state index is -4.66. The molecule has 1 unspecified atom stereocenters. The van der Waals surface area contributed by atoms with E-state index in [1.54, 1.807) is 34.6 Å². The largest absolute Gasteiger partial charge is 0.493 e. The molecule has 218 valence electrons. The summed E-state index contributed by atoms with van der Waals surface area (Å²) in [4.78, 5) is 18.4. The summed E-state index contributed by atoms with van der Waals surface area (Å²) in [5.41, 5.74) is 1.96. The van der Waals surface area contributed by atoms with Crippen LogP contribution >= 0.6 is 0 Å². The Balaban J connectivity index is 1.83. The van der Waals surface area contributed by atoms with Gasteiger partial charge in [0, 0.05) is 5.56 Å². The Morgan fingerprint density at radius 2 is 1.79 bits per heavy atom. The molecule has 1 aromatic carbocycles. The molecule has 0 aliphatic carbocycles. The number of aromatic nitrogens is 2. The van der Waals surface area contributed by atoms with Gasteiger partial charge in [-0.15, -0.1) is 0 Å². The lowest BCUT2D eigenvalue weighted by atomic mass is 10.1. The molecule has 9 nitrogen and oxygen atoms in total. The van der Waals surface area contributed by atoms with Crippen molar-refractivity contribution in [3.63, 3.8) is 0 Å². The third-order valence-electron chi connectivity index (χ3n) is 6.25. The highest BCUT2D eigenvalue weighted by Crippen LogP contribution is 2.41. The molecule has 2 N–H and O–H groups in total. The van der Waals surface area contributed by atoms with Crippen molar-refractivity contribution in [2.24, 2.45) is 5.73 Å². The zero-order valence-electron chi connectivity index (χ0n) is 23.5. The molecular formula is C27H39F3N4O5. The summed E-state index contributed by atoms with van der Waals surface area (Å²) in [5.74, 6) is -0.594. The van der Waals surface area contributed by atoms with Gasteiger partial charge < -0.3 is 18.7 Å². The highest BCUT2D eigenvalue weighted by Gasteiger charge is 2.57. The van der Waals surface area contributed by atoms with Crippen molar-refractivity contribution in [1.82, 2.24) is 15.0 Å². The zero-order valence-corrected chi connectivity index (χ0v) is 23.5. The number of unbranched alkanes of at least 4 members (excludes halogenated alkanes) is 5. The van der Waals surface area contributed by atoms with Gasteiger partial charge in [0.1, 0.15) is 17.1 Å². The quantitative estimate of drug-likeness (QED) is 0.325. The van der Waals surface area contributed by atoms with Crippen LogP contribution in [0.5, 0.6) is 5.75 Å². The van der Waals surface area contributed by atoms with E-state index in [9.17, 15) is 18.0 Å². The summed E-state index contributed by atoms with van der Waals surface area (Å²) in [5, 5.41) is 3.85. The topological polar surface area (TPSA) is 113 Å². The summed E-state index contributed by atoms with van der Waals surface area (Å²) in [7, 11) is 0. The fourth-order valence-corrected chi connectivity index (χ4v) is 4.34. The first-order valence-corrected chi connectivity index (χ1v) is 13.2. The zero-order chi connectivity index (χ0) is 29.1. The van der Waals surface area contributed by atoms with Crippen LogP contribution in [0.3, 0.4) is 0 Å². The fourth-order valence-electron chi connectivity index (χ4n) is 4.34. The smallest absolute Gasteiger partial charge is 0.419 e. The van der Waals surface area contributed by atoms with E-state index >= 15 is 0 Å². The molecule has 0 spiro atoms. The molecular weight excluding hydrogens is 517 g/mol. The van der Waals surface area contributed by atoms with Crippen LogP contribution < -0.4 is 10.5 Å². The van der Waals surface area contributed by atoms with Gasteiger partial charge in [0.2, 0.25) is 11.5 Å². The molecule has 1 aromatic heterocycles. The van der Waals surface area contributed by atoms with Crippen molar-refractivity contribution >= 4 is 6.09 Å². The van der Waals surface area contributed by atoms with E-state index in [2.05, 4.69) is 17.1 Å². The summed E-state index contributed by atoms with van der Waals surface area (Å²) in [6.45, 7) is 10.5. The number of hydrogen-bond donors (Lipinski definition) is 1. The molecule has 1 atom stereocenters. The second kappa shape index (κ2) is 11.7. The third kappa shape index (κ3) is 7.42. The molecule has 1 saturated heterocycles. The van der Waals surface area contributed by atoms with Gasteiger partial charge in [-0.2, -0.15) is 18.2 Å². The number of hydrogen-bond acceptors (Lipinski definition) is 8. The molecule has 0 saturated carbocycles. The van der Waals surface area contributed by atoms with Crippen molar-refractivity contribution in [1.29, 1.82) is 0 Å². The van der Waals surface area contributed by atoms with Gasteiger partial charge in [-0.1, -0.05) is 44.2 Å². The highest BCUT2D eigenvalue weighted by atomic mass is 19.4. The SMILES string of the molecule is CCCCCCCCOc1ccc(-c2noc(C3(N)COC(C)(C)N3C(=O)OC(C)(C)C)n2)cc1C(F)(F)F. The van der Waals surface area contributed by atoms with Crippen LogP contribution in [0.2, 0.25) is 0 Å². The second-order valence-electron chi connectivity index (χ2n) is 11.2. The summed E-state index contributed by atoms with van der Waals surface area (Å²) in [6.07, 6.45) is 0.541. The Labute approximate surface area is 227 Å². The average molecular weight is 557 g/mol. The monoisotopic (exact) mass is 556 g/mol. The Bertz CT molecular complexity index is 1130. The minimum absolute atomic E-state index is 0.0508. The first-order valence-electron chi connectivity index (χ1n) is 13.2. The number of carbonyl (C=O) groups excluding carboxylic acids is 1. The number of ether oxygens (including phenoxy) is 3. The maximum Gasteiger partial charge on any atom is 0.419 e. The van der Waals surface area contributed by atoms with Crippen molar-refractivity contribution < 1.29 is 36.7 Å². The lowest BCUT2D eigenvalue weighted by Gasteiger charge is -2.37. The third-order valence-corrected chi connectivity index (χ3v) is 6.25. The number of alkyl halides is 3. The standard InChI is InChI=1S/C27H39F3N4O5/c1-7-8-9-10-11-12-15-36-20-14-13-18(16-19(20)27(28,29)30)21-32-22(39-33-21)26(31)17-37-25(5,6)34(26)23(35)38-24(2,3)4/h13-14,16H,7-12,15,17,31H2,1-6H3. The van der Waals surface area contributed by atoms with Gasteiger partial charge in [0.25, 0.3) is 5.89 Å². The first-order chi connectivity index (χ1) is 18.1. The Kier molecular flexibility index (Phi) is 9.21. The Morgan fingerprint density at radius 1 is 1.13 bits per heavy atom. The Morgan fingerprint density at radius 3 is 2.44 bits per heavy atom. The van der Waals surface area contributed by atoms with Crippen molar-refractivity contribution in [3.8, 4) is 17.1 Å². The number of rotatable bonds is 10. The van der Waals surface area contributed by atoms with E-state index in [-0.39, 0.29) is 36.2 Å². The molecule has 1 aliphatic heterocycles. The predicted molar refractivity (Wildman–Crippen MR) is 138 cm³/mol. The van der Waals surface area contributed by atoms with E-state index < -0.39 is 34.8 Å². The Hall–Kier alpha value is -2.86. The lowest BCUT2D eigenvalue weighted by Crippen LogP contribution is -2.59. The van der Waals surface area contributed by atoms with Crippen LogP contribution in [0.4, 0.5) is 18.0 Å². The van der Waals surface area contributed by atoms with E-state index in [0.29, 0.717) is 6.42 Å². The molecule has 2 aromatic rings. The number of nitrogens with zero attached hydrogens (tertiary/aromatic N) is 3. The van der Waals surface area contributed by atoms with Crippen LogP contribution in [0.15, 0.2) is 22.7 Å². The van der Waals surface area contributed by atoms with Crippen LogP contribution in [0, 0.1) is 0 Å². The first kappa shape index (κ1) is 30.7. The number of nitrogens with two attached hydrogens (primary N) is 1. The average Bonchev–Trinajstić information content (AvgIpc) is 3.40. The van der Waals surface area contributed by atoms with Gasteiger partial charge in [-0.25, -0.2) is 4.79 Å². The molecule has 39 heavy (non-hydrogen) atoms. The number of amides is 1. The summed E-state index contributed by atoms with van der Waals surface area (Å²) >= 11 is 0. The van der Waals surface area contributed by atoms with Crippen molar-refractivity contribution in [2.45, 2.75) is 103 Å². The molecule has 12 heteroatoms. The van der Waals surface area contributed by atoms with E-state index in [4.69, 9.17) is 24.5 Å². The lowest BCUT2D eigenvalue weighted by molar-refractivity contribution is -0.138. The van der Waals surface area contributed by atoms with Gasteiger partial charge in [-0.05, 0) is 59.2 Å². The van der Waals surface area contributed by atoms with Crippen LogP contribution in [-0.4, -0.2) is 45.7 Å². The van der Waals surface area contributed by atoms with E-state index in [1.807, 2.05) is 0 Å². The molecule has 0 bridgehead atoms. The number of benzene rings is 1. The predicted octanol–water partition coefficient (Wildman–Crippen LogP) is 6.61. The summed E-state index contributed by atoms with van der Waals surface area (Å²) in [6, 6.07) is 3.58. The van der Waals surface area contributed by atoms with E-state index in [0.717, 1.165) is 43.1 Å². The number of carbonyl (C=O) groups is 1. The van der Waals surface area contributed by atoms with Crippen molar-refractivity contribution in [2.75, 3.05) is 13.2 Å². The molecule has 2 heterocycles. The van der Waals surface area contributed by atoms with Crippen LogP contribution in [-0.2, 0) is 21.3 Å². The molecule has 1 amide bonds. The van der Waals surface area contributed by atoms with Gasteiger partial charge >= 0.3 is 12.3 Å².